The second kappa shape index (κ2) is 4.10. The Morgan fingerprint density at radius 1 is 1.44 bits per heavy atom. The first-order valence-corrected chi connectivity index (χ1v) is 5.40. The van der Waals surface area contributed by atoms with Gasteiger partial charge in [0.1, 0.15) is 0 Å². The number of amides is 1. The Balaban J connectivity index is 2.29. The Bertz CT molecular complexity index is 447. The molecule has 0 aliphatic carbocycles. The van der Waals surface area contributed by atoms with E-state index in [4.69, 9.17) is 5.11 Å². The monoisotopic (exact) mass is 291 g/mol. The highest BCUT2D eigenvalue weighted by molar-refractivity contribution is 9.10. The molecule has 0 aromatic heterocycles. The number of nitrogens with zero attached hydrogens (tertiary/aromatic N) is 1. The standard InChI is InChI=1S/C10H8BrF2NO2/c11-5-1-7(9(13)8(12)2-5)10(16)14-3-6(15)4-14/h1-2,6,15H,3-4H2. The number of aliphatic hydroxyl groups excluding tert-OH is 1. The van der Waals surface area contributed by atoms with Crippen LogP contribution >= 0.6 is 15.9 Å². The van der Waals surface area contributed by atoms with Gasteiger partial charge in [0.2, 0.25) is 0 Å². The summed E-state index contributed by atoms with van der Waals surface area (Å²) in [6.07, 6.45) is -0.566. The molecule has 1 amide bonds. The lowest BCUT2D eigenvalue weighted by molar-refractivity contribution is 0.00552. The summed E-state index contributed by atoms with van der Waals surface area (Å²) >= 11 is 2.99. The van der Waals surface area contributed by atoms with Crippen LogP contribution in [0.2, 0.25) is 0 Å². The van der Waals surface area contributed by atoms with Gasteiger partial charge in [-0.05, 0) is 12.1 Å². The van der Waals surface area contributed by atoms with E-state index in [0.29, 0.717) is 4.47 Å². The second-order valence-electron chi connectivity index (χ2n) is 3.61. The van der Waals surface area contributed by atoms with Crippen LogP contribution < -0.4 is 0 Å². The predicted octanol–water partition coefficient (Wildman–Crippen LogP) is 1.54. The van der Waals surface area contributed by atoms with Crippen LogP contribution in [0.4, 0.5) is 8.78 Å². The molecule has 6 heteroatoms. The van der Waals surface area contributed by atoms with Crippen LogP contribution in [0.15, 0.2) is 16.6 Å². The summed E-state index contributed by atoms with van der Waals surface area (Å²) in [5, 5.41) is 9.02. The number of rotatable bonds is 1. The van der Waals surface area contributed by atoms with E-state index in [-0.39, 0.29) is 18.7 Å². The normalized spacial score (nSPS) is 16.1. The molecule has 1 heterocycles. The summed E-state index contributed by atoms with van der Waals surface area (Å²) in [5.74, 6) is -2.84. The van der Waals surface area contributed by atoms with Crippen molar-refractivity contribution in [2.24, 2.45) is 0 Å². The molecule has 0 unspecified atom stereocenters. The molecule has 1 aromatic rings. The quantitative estimate of drug-likeness (QED) is 0.798. The van der Waals surface area contributed by atoms with Gasteiger partial charge >= 0.3 is 0 Å². The molecular weight excluding hydrogens is 284 g/mol. The second-order valence-corrected chi connectivity index (χ2v) is 4.53. The lowest BCUT2D eigenvalue weighted by Crippen LogP contribution is -2.53. The topological polar surface area (TPSA) is 40.5 Å². The van der Waals surface area contributed by atoms with Crippen molar-refractivity contribution in [3.8, 4) is 0 Å². The summed E-state index contributed by atoms with van der Waals surface area (Å²) < 4.78 is 26.7. The molecule has 16 heavy (non-hydrogen) atoms. The van der Waals surface area contributed by atoms with E-state index in [1.54, 1.807) is 0 Å². The molecular formula is C10H8BrF2NO2. The molecule has 1 N–H and O–H groups in total. The van der Waals surface area contributed by atoms with Gasteiger partial charge in [-0.2, -0.15) is 0 Å². The zero-order valence-corrected chi connectivity index (χ0v) is 9.67. The molecule has 0 radical (unpaired) electrons. The van der Waals surface area contributed by atoms with E-state index in [0.717, 1.165) is 6.07 Å². The minimum atomic E-state index is -1.16. The summed E-state index contributed by atoms with van der Waals surface area (Å²) in [5.41, 5.74) is -0.321. The van der Waals surface area contributed by atoms with Crippen molar-refractivity contribution in [2.45, 2.75) is 6.10 Å². The lowest BCUT2D eigenvalue weighted by atomic mass is 10.1. The summed E-state index contributed by atoms with van der Waals surface area (Å²) in [4.78, 5) is 12.9. The summed E-state index contributed by atoms with van der Waals surface area (Å²) in [6, 6.07) is 2.18. The third-order valence-corrected chi connectivity index (χ3v) is 2.83. The van der Waals surface area contributed by atoms with Crippen LogP contribution in [-0.4, -0.2) is 35.1 Å². The minimum absolute atomic E-state index is 0.159. The lowest BCUT2D eigenvalue weighted by Gasteiger charge is -2.35. The van der Waals surface area contributed by atoms with E-state index >= 15 is 0 Å². The van der Waals surface area contributed by atoms with Crippen LogP contribution in [0, 0.1) is 11.6 Å². The Hall–Kier alpha value is -1.01. The van der Waals surface area contributed by atoms with E-state index in [1.807, 2.05) is 0 Å². The average molecular weight is 292 g/mol. The number of carbonyl (C=O) groups is 1. The molecule has 0 spiro atoms. The molecule has 0 bridgehead atoms. The van der Waals surface area contributed by atoms with Gasteiger partial charge in [0.05, 0.1) is 11.7 Å². The predicted molar refractivity (Wildman–Crippen MR) is 56.0 cm³/mol. The fourth-order valence-electron chi connectivity index (χ4n) is 1.50. The van der Waals surface area contributed by atoms with Gasteiger partial charge in [-0.3, -0.25) is 4.79 Å². The number of likely N-dealkylation sites (tertiary alicyclic amines) is 1. The van der Waals surface area contributed by atoms with Crippen molar-refractivity contribution in [1.29, 1.82) is 0 Å². The zero-order valence-electron chi connectivity index (χ0n) is 8.08. The molecule has 3 nitrogen and oxygen atoms in total. The van der Waals surface area contributed by atoms with E-state index in [9.17, 15) is 13.6 Å². The van der Waals surface area contributed by atoms with Gasteiger partial charge < -0.3 is 10.0 Å². The van der Waals surface area contributed by atoms with Crippen LogP contribution in [0.5, 0.6) is 0 Å². The van der Waals surface area contributed by atoms with Crippen LogP contribution in [0.1, 0.15) is 10.4 Å². The highest BCUT2D eigenvalue weighted by atomic mass is 79.9. The average Bonchev–Trinajstić information content (AvgIpc) is 2.18. The molecule has 1 aromatic carbocycles. The van der Waals surface area contributed by atoms with Gasteiger partial charge in [-0.1, -0.05) is 15.9 Å². The Morgan fingerprint density at radius 2 is 2.06 bits per heavy atom. The molecule has 0 saturated carbocycles. The van der Waals surface area contributed by atoms with Crippen molar-refractivity contribution in [3.05, 3.63) is 33.8 Å². The number of β-amino-alcohol motifs (C(OH)–C–C–N with tert-alkyl or cyclic N) is 1. The zero-order chi connectivity index (χ0) is 11.9. The van der Waals surface area contributed by atoms with Crippen molar-refractivity contribution in [3.63, 3.8) is 0 Å². The fourth-order valence-corrected chi connectivity index (χ4v) is 1.93. The van der Waals surface area contributed by atoms with Crippen LogP contribution in [0.3, 0.4) is 0 Å². The van der Waals surface area contributed by atoms with Crippen molar-refractivity contribution >= 4 is 21.8 Å². The number of benzene rings is 1. The minimum Gasteiger partial charge on any atom is -0.389 e. The molecule has 1 fully saturated rings. The van der Waals surface area contributed by atoms with Crippen molar-refractivity contribution in [1.82, 2.24) is 4.90 Å². The van der Waals surface area contributed by atoms with Gasteiger partial charge in [-0.25, -0.2) is 8.78 Å². The third-order valence-electron chi connectivity index (χ3n) is 2.37. The highest BCUT2D eigenvalue weighted by Gasteiger charge is 2.31. The van der Waals surface area contributed by atoms with Crippen LogP contribution in [0.25, 0.3) is 0 Å². The molecule has 86 valence electrons. The molecule has 1 saturated heterocycles. The Labute approximate surface area is 98.8 Å². The SMILES string of the molecule is O=C(c1cc(Br)cc(F)c1F)N1CC(O)C1. The smallest absolute Gasteiger partial charge is 0.257 e. The number of aliphatic hydroxyl groups is 1. The summed E-state index contributed by atoms with van der Waals surface area (Å²) in [7, 11) is 0. The first-order valence-electron chi connectivity index (χ1n) is 4.61. The maximum atomic E-state index is 13.3. The maximum Gasteiger partial charge on any atom is 0.257 e. The van der Waals surface area contributed by atoms with Gasteiger partial charge in [0.15, 0.2) is 11.6 Å². The first kappa shape index (κ1) is 11.5. The van der Waals surface area contributed by atoms with Gasteiger partial charge in [-0.15, -0.1) is 0 Å². The van der Waals surface area contributed by atoms with E-state index in [2.05, 4.69) is 15.9 Å². The molecule has 1 aliphatic rings. The fraction of sp³-hybridized carbons (Fsp3) is 0.300. The number of carbonyl (C=O) groups excluding carboxylic acids is 1. The molecule has 2 rings (SSSR count). The number of halogens is 3. The van der Waals surface area contributed by atoms with Crippen LogP contribution in [-0.2, 0) is 0 Å². The summed E-state index contributed by atoms with van der Waals surface area (Å²) in [6.45, 7) is 0.318. The van der Waals surface area contributed by atoms with Crippen molar-refractivity contribution < 1.29 is 18.7 Å². The largest absolute Gasteiger partial charge is 0.389 e. The van der Waals surface area contributed by atoms with Crippen molar-refractivity contribution in [2.75, 3.05) is 13.1 Å². The van der Waals surface area contributed by atoms with E-state index in [1.165, 1.54) is 11.0 Å². The molecule has 1 aliphatic heterocycles. The number of hydrogen-bond acceptors (Lipinski definition) is 2. The highest BCUT2D eigenvalue weighted by Crippen LogP contribution is 2.22. The Kier molecular flexibility index (Phi) is 2.94. The Morgan fingerprint density at radius 3 is 2.62 bits per heavy atom. The van der Waals surface area contributed by atoms with Gasteiger partial charge in [0, 0.05) is 17.6 Å². The number of hydrogen-bond donors (Lipinski definition) is 1. The van der Waals surface area contributed by atoms with Gasteiger partial charge in [0.25, 0.3) is 5.91 Å². The first-order chi connectivity index (χ1) is 7.49. The molecule has 0 atom stereocenters. The van der Waals surface area contributed by atoms with E-state index < -0.39 is 23.6 Å². The third kappa shape index (κ3) is 1.94. The maximum absolute atomic E-state index is 13.3.